The molecule has 92 valence electrons. The number of nitrogens with two attached hydrogens (primary N) is 1. The molecule has 2 aliphatic carbocycles. The minimum absolute atomic E-state index is 0.137. The minimum atomic E-state index is -0.252. The summed E-state index contributed by atoms with van der Waals surface area (Å²) in [5.74, 6) is -0.252. The first kappa shape index (κ1) is 11.0. The molecule has 16 heavy (non-hydrogen) atoms. The van der Waals surface area contributed by atoms with Crippen molar-refractivity contribution in [2.75, 3.05) is 13.2 Å². The largest absolute Gasteiger partial charge is 0.347 e. The van der Waals surface area contributed by atoms with E-state index in [9.17, 15) is 0 Å². The number of hydrogen-bond donors (Lipinski definition) is 1. The van der Waals surface area contributed by atoms with Crippen LogP contribution >= 0.6 is 0 Å². The average molecular weight is 225 g/mol. The van der Waals surface area contributed by atoms with Crippen molar-refractivity contribution in [1.29, 1.82) is 0 Å². The Bertz CT molecular complexity index is 251. The van der Waals surface area contributed by atoms with E-state index in [1.807, 2.05) is 0 Å². The van der Waals surface area contributed by atoms with Crippen LogP contribution in [0.25, 0.3) is 0 Å². The molecule has 0 aromatic carbocycles. The van der Waals surface area contributed by atoms with Gasteiger partial charge in [-0.05, 0) is 31.1 Å². The Morgan fingerprint density at radius 3 is 2.25 bits per heavy atom. The zero-order valence-electron chi connectivity index (χ0n) is 10.0. The fourth-order valence-electron chi connectivity index (χ4n) is 3.78. The third-order valence-corrected chi connectivity index (χ3v) is 4.91. The van der Waals surface area contributed by atoms with Gasteiger partial charge in [-0.2, -0.15) is 0 Å². The molecule has 1 saturated heterocycles. The monoisotopic (exact) mass is 225 g/mol. The average Bonchev–Trinajstić information content (AvgIpc) is 2.91. The molecule has 0 aromatic heterocycles. The van der Waals surface area contributed by atoms with Gasteiger partial charge in [0.05, 0.1) is 12.7 Å². The molecule has 3 heteroatoms. The number of hydrogen-bond acceptors (Lipinski definition) is 3. The topological polar surface area (TPSA) is 44.5 Å². The summed E-state index contributed by atoms with van der Waals surface area (Å²) in [6.45, 7) is 1.29. The van der Waals surface area contributed by atoms with E-state index in [0.29, 0.717) is 18.6 Å². The Morgan fingerprint density at radius 1 is 1.00 bits per heavy atom. The first-order valence-electron chi connectivity index (χ1n) is 6.78. The van der Waals surface area contributed by atoms with Gasteiger partial charge < -0.3 is 15.2 Å². The van der Waals surface area contributed by atoms with Gasteiger partial charge in [-0.1, -0.05) is 12.8 Å². The third kappa shape index (κ3) is 1.79. The quantitative estimate of drug-likeness (QED) is 0.744. The van der Waals surface area contributed by atoms with Crippen molar-refractivity contribution in [2.45, 2.75) is 63.3 Å². The molecule has 1 atom stereocenters. The standard InChI is InChI=1S/C13H23NO2/c14-9-11-10-15-13(16-11)7-5-12(6-8-13)3-1-2-4-12/h11H,1-10,14H2. The highest BCUT2D eigenvalue weighted by atomic mass is 16.7. The fraction of sp³-hybridized carbons (Fsp3) is 1.00. The van der Waals surface area contributed by atoms with E-state index in [1.165, 1.54) is 38.5 Å². The highest BCUT2D eigenvalue weighted by Crippen LogP contribution is 2.53. The summed E-state index contributed by atoms with van der Waals surface area (Å²) >= 11 is 0. The number of ether oxygens (including phenoxy) is 2. The molecule has 0 bridgehead atoms. The van der Waals surface area contributed by atoms with Crippen LogP contribution in [0.5, 0.6) is 0 Å². The molecular weight excluding hydrogens is 202 g/mol. The lowest BCUT2D eigenvalue weighted by Crippen LogP contribution is -2.40. The van der Waals surface area contributed by atoms with Crippen LogP contribution in [0.3, 0.4) is 0 Å². The van der Waals surface area contributed by atoms with Gasteiger partial charge in [0.1, 0.15) is 0 Å². The van der Waals surface area contributed by atoms with Gasteiger partial charge in [0, 0.05) is 19.4 Å². The van der Waals surface area contributed by atoms with Crippen LogP contribution in [0.4, 0.5) is 0 Å². The second-order valence-corrected chi connectivity index (χ2v) is 5.90. The van der Waals surface area contributed by atoms with E-state index in [1.54, 1.807) is 0 Å². The fourth-order valence-corrected chi connectivity index (χ4v) is 3.78. The molecule has 2 spiro atoms. The van der Waals surface area contributed by atoms with Crippen molar-refractivity contribution < 1.29 is 9.47 Å². The van der Waals surface area contributed by atoms with Crippen molar-refractivity contribution in [2.24, 2.45) is 11.1 Å². The maximum Gasteiger partial charge on any atom is 0.169 e. The zero-order chi connectivity index (χ0) is 11.1. The van der Waals surface area contributed by atoms with Gasteiger partial charge >= 0.3 is 0 Å². The smallest absolute Gasteiger partial charge is 0.169 e. The Labute approximate surface area is 97.7 Å². The van der Waals surface area contributed by atoms with Gasteiger partial charge in [-0.3, -0.25) is 0 Å². The first-order chi connectivity index (χ1) is 7.76. The van der Waals surface area contributed by atoms with Crippen molar-refractivity contribution in [3.05, 3.63) is 0 Å². The molecule has 3 aliphatic rings. The van der Waals surface area contributed by atoms with E-state index < -0.39 is 0 Å². The lowest BCUT2D eigenvalue weighted by molar-refractivity contribution is -0.199. The van der Waals surface area contributed by atoms with Gasteiger partial charge in [-0.15, -0.1) is 0 Å². The molecule has 3 rings (SSSR count). The predicted octanol–water partition coefficient (Wildman–Crippen LogP) is 2.19. The van der Waals surface area contributed by atoms with Crippen LogP contribution in [0.1, 0.15) is 51.4 Å². The second kappa shape index (κ2) is 3.97. The lowest BCUT2D eigenvalue weighted by Gasteiger charge is -2.41. The molecule has 2 N–H and O–H groups in total. The SMILES string of the molecule is NCC1COC2(CCC3(CCCC3)CC2)O1. The molecular formula is C13H23NO2. The molecule has 1 heterocycles. The van der Waals surface area contributed by atoms with Gasteiger partial charge in [0.15, 0.2) is 5.79 Å². The van der Waals surface area contributed by atoms with Crippen LogP contribution in [-0.4, -0.2) is 25.0 Å². The van der Waals surface area contributed by atoms with Crippen molar-refractivity contribution >= 4 is 0 Å². The van der Waals surface area contributed by atoms with Gasteiger partial charge in [0.2, 0.25) is 0 Å². The van der Waals surface area contributed by atoms with Crippen LogP contribution in [0.2, 0.25) is 0 Å². The summed E-state index contributed by atoms with van der Waals surface area (Å²) in [6, 6.07) is 0. The number of rotatable bonds is 1. The summed E-state index contributed by atoms with van der Waals surface area (Å²) in [5, 5.41) is 0. The second-order valence-electron chi connectivity index (χ2n) is 5.90. The summed E-state index contributed by atoms with van der Waals surface area (Å²) in [4.78, 5) is 0. The highest BCUT2D eigenvalue weighted by Gasteiger charge is 2.48. The summed E-state index contributed by atoms with van der Waals surface area (Å²) < 4.78 is 11.9. The van der Waals surface area contributed by atoms with E-state index in [0.717, 1.165) is 12.8 Å². The van der Waals surface area contributed by atoms with Gasteiger partial charge in [-0.25, -0.2) is 0 Å². The third-order valence-electron chi connectivity index (χ3n) is 4.91. The maximum atomic E-state index is 5.99. The molecule has 0 radical (unpaired) electrons. The molecule has 3 fully saturated rings. The molecule has 1 aliphatic heterocycles. The molecule has 1 unspecified atom stereocenters. The maximum absolute atomic E-state index is 5.99. The Morgan fingerprint density at radius 2 is 1.69 bits per heavy atom. The van der Waals surface area contributed by atoms with E-state index in [-0.39, 0.29) is 11.9 Å². The van der Waals surface area contributed by atoms with Crippen molar-refractivity contribution in [1.82, 2.24) is 0 Å². The zero-order valence-corrected chi connectivity index (χ0v) is 10.0. The Hall–Kier alpha value is -0.120. The summed E-state index contributed by atoms with van der Waals surface area (Å²) in [5.41, 5.74) is 6.29. The van der Waals surface area contributed by atoms with Crippen LogP contribution < -0.4 is 5.73 Å². The van der Waals surface area contributed by atoms with Crippen LogP contribution in [-0.2, 0) is 9.47 Å². The van der Waals surface area contributed by atoms with E-state index in [2.05, 4.69) is 0 Å². The minimum Gasteiger partial charge on any atom is -0.347 e. The molecule has 3 nitrogen and oxygen atoms in total. The summed E-state index contributed by atoms with van der Waals surface area (Å²) in [7, 11) is 0. The highest BCUT2D eigenvalue weighted by molar-refractivity contribution is 4.94. The summed E-state index contributed by atoms with van der Waals surface area (Å²) in [6.07, 6.45) is 10.6. The molecule has 0 aromatic rings. The first-order valence-corrected chi connectivity index (χ1v) is 6.78. The normalized spacial score (nSPS) is 36.2. The lowest BCUT2D eigenvalue weighted by atomic mass is 9.71. The predicted molar refractivity (Wildman–Crippen MR) is 62.0 cm³/mol. The van der Waals surface area contributed by atoms with Crippen molar-refractivity contribution in [3.63, 3.8) is 0 Å². The van der Waals surface area contributed by atoms with E-state index >= 15 is 0 Å². The molecule has 0 amide bonds. The Balaban J connectivity index is 1.62. The van der Waals surface area contributed by atoms with Crippen molar-refractivity contribution in [3.8, 4) is 0 Å². The van der Waals surface area contributed by atoms with Crippen LogP contribution in [0, 0.1) is 5.41 Å². The van der Waals surface area contributed by atoms with E-state index in [4.69, 9.17) is 15.2 Å². The van der Waals surface area contributed by atoms with Gasteiger partial charge in [0.25, 0.3) is 0 Å². The molecule has 2 saturated carbocycles. The Kier molecular flexibility index (Phi) is 2.73. The van der Waals surface area contributed by atoms with Crippen LogP contribution in [0.15, 0.2) is 0 Å².